The summed E-state index contributed by atoms with van der Waals surface area (Å²) in [5, 5.41) is 0.198. The molecule has 0 bridgehead atoms. The number of hydrogen-bond acceptors (Lipinski definition) is 4. The summed E-state index contributed by atoms with van der Waals surface area (Å²) in [4.78, 5) is 10.0. The maximum Gasteiger partial charge on any atom is 0.224 e. The van der Waals surface area contributed by atoms with Gasteiger partial charge in [0.05, 0.1) is 11.9 Å². The summed E-state index contributed by atoms with van der Waals surface area (Å²) in [6.07, 6.45) is 1.52. The highest BCUT2D eigenvalue weighted by atomic mass is 35.5. The second-order valence-corrected chi connectivity index (χ2v) is 3.84. The Hall–Kier alpha value is -1.81. The molecule has 1 aromatic heterocycles. The van der Waals surface area contributed by atoms with Crippen LogP contribution in [0.5, 0.6) is 0 Å². The lowest BCUT2D eigenvalue weighted by molar-refractivity contribution is 0.979. The van der Waals surface area contributed by atoms with Gasteiger partial charge in [-0.1, -0.05) is 18.2 Å². The fourth-order valence-corrected chi connectivity index (χ4v) is 1.77. The molecule has 0 spiro atoms. The Morgan fingerprint density at radius 1 is 1.29 bits per heavy atom. The molecule has 4 nitrogen and oxygen atoms in total. The number of nitrogens with zero attached hydrogens (tertiary/aromatic N) is 3. The van der Waals surface area contributed by atoms with Crippen LogP contribution in [0.3, 0.4) is 0 Å². The Balaban J connectivity index is 2.46. The zero-order valence-electron chi connectivity index (χ0n) is 9.47. The monoisotopic (exact) mass is 248 g/mol. The minimum atomic E-state index is 0.198. The van der Waals surface area contributed by atoms with E-state index in [-0.39, 0.29) is 5.28 Å². The van der Waals surface area contributed by atoms with Gasteiger partial charge in [-0.15, -0.1) is 0 Å². The van der Waals surface area contributed by atoms with Gasteiger partial charge in [-0.2, -0.15) is 4.98 Å². The lowest BCUT2D eigenvalue weighted by Gasteiger charge is -2.23. The summed E-state index contributed by atoms with van der Waals surface area (Å²) in [6, 6.07) is 9.90. The molecule has 5 heteroatoms. The van der Waals surface area contributed by atoms with Crippen molar-refractivity contribution in [3.05, 3.63) is 41.8 Å². The fourth-order valence-electron chi connectivity index (χ4n) is 1.64. The Morgan fingerprint density at radius 3 is 2.65 bits per heavy atom. The number of para-hydroxylation sites is 1. The lowest BCUT2D eigenvalue weighted by Crippen LogP contribution is -2.19. The SMILES string of the molecule is CCN(c1ccccc1)c1nc(Cl)ncc1N. The van der Waals surface area contributed by atoms with E-state index in [1.807, 2.05) is 42.2 Å². The van der Waals surface area contributed by atoms with Crippen LogP contribution in [-0.2, 0) is 0 Å². The third kappa shape index (κ3) is 2.47. The number of rotatable bonds is 3. The Morgan fingerprint density at radius 2 is 2.00 bits per heavy atom. The standard InChI is InChI=1S/C12H13ClN4/c1-2-17(9-6-4-3-5-7-9)11-10(14)8-15-12(13)16-11/h3-8H,2,14H2,1H3. The van der Waals surface area contributed by atoms with Gasteiger partial charge >= 0.3 is 0 Å². The summed E-state index contributed by atoms with van der Waals surface area (Å²) in [6.45, 7) is 2.78. The molecule has 2 rings (SSSR count). The Bertz CT molecular complexity index is 501. The van der Waals surface area contributed by atoms with Crippen molar-refractivity contribution in [2.45, 2.75) is 6.92 Å². The molecule has 2 aromatic rings. The molecule has 0 unspecified atom stereocenters. The Labute approximate surface area is 105 Å². The van der Waals surface area contributed by atoms with Crippen LogP contribution >= 0.6 is 11.6 Å². The molecule has 1 aromatic carbocycles. The zero-order chi connectivity index (χ0) is 12.3. The minimum Gasteiger partial charge on any atom is -0.394 e. The first-order chi connectivity index (χ1) is 8.22. The van der Waals surface area contributed by atoms with E-state index in [0.717, 1.165) is 12.2 Å². The molecule has 0 saturated carbocycles. The summed E-state index contributed by atoms with van der Waals surface area (Å²) in [5.74, 6) is 0.638. The van der Waals surface area contributed by atoms with Crippen molar-refractivity contribution in [3.8, 4) is 0 Å². The second kappa shape index (κ2) is 5.01. The smallest absolute Gasteiger partial charge is 0.224 e. The van der Waals surface area contributed by atoms with Crippen LogP contribution in [-0.4, -0.2) is 16.5 Å². The molecule has 0 aliphatic carbocycles. The molecule has 0 radical (unpaired) electrons. The van der Waals surface area contributed by atoms with Gasteiger partial charge in [-0.05, 0) is 30.7 Å². The molecular formula is C12H13ClN4. The van der Waals surface area contributed by atoms with Crippen molar-refractivity contribution >= 4 is 28.8 Å². The van der Waals surface area contributed by atoms with E-state index in [4.69, 9.17) is 17.3 Å². The van der Waals surface area contributed by atoms with Crippen LogP contribution in [0.4, 0.5) is 17.2 Å². The number of nitrogens with two attached hydrogens (primary N) is 1. The van der Waals surface area contributed by atoms with Crippen LogP contribution in [0.25, 0.3) is 0 Å². The molecule has 0 atom stereocenters. The molecular weight excluding hydrogens is 236 g/mol. The number of hydrogen-bond donors (Lipinski definition) is 1. The van der Waals surface area contributed by atoms with Crippen LogP contribution in [0.2, 0.25) is 5.28 Å². The largest absolute Gasteiger partial charge is 0.394 e. The van der Waals surface area contributed by atoms with E-state index < -0.39 is 0 Å². The molecule has 17 heavy (non-hydrogen) atoms. The van der Waals surface area contributed by atoms with Gasteiger partial charge in [-0.3, -0.25) is 0 Å². The summed E-state index contributed by atoms with van der Waals surface area (Å²) in [5.41, 5.74) is 7.42. The van der Waals surface area contributed by atoms with E-state index in [9.17, 15) is 0 Å². The third-order valence-electron chi connectivity index (χ3n) is 2.41. The number of nitrogen functional groups attached to an aromatic ring is 1. The van der Waals surface area contributed by atoms with E-state index in [1.165, 1.54) is 6.20 Å². The number of halogens is 1. The van der Waals surface area contributed by atoms with Gasteiger partial charge in [0, 0.05) is 12.2 Å². The van der Waals surface area contributed by atoms with E-state index in [1.54, 1.807) is 0 Å². The first kappa shape index (κ1) is 11.7. The molecule has 0 amide bonds. The number of benzene rings is 1. The van der Waals surface area contributed by atoms with E-state index >= 15 is 0 Å². The van der Waals surface area contributed by atoms with E-state index in [0.29, 0.717) is 11.5 Å². The van der Waals surface area contributed by atoms with Gasteiger partial charge in [0.25, 0.3) is 0 Å². The summed E-state index contributed by atoms with van der Waals surface area (Å²) < 4.78 is 0. The van der Waals surface area contributed by atoms with Gasteiger partial charge in [-0.25, -0.2) is 4.98 Å². The molecule has 2 N–H and O–H groups in total. The highest BCUT2D eigenvalue weighted by Crippen LogP contribution is 2.28. The van der Waals surface area contributed by atoms with Crippen LogP contribution < -0.4 is 10.6 Å². The average molecular weight is 249 g/mol. The number of aromatic nitrogens is 2. The average Bonchev–Trinajstić information content (AvgIpc) is 2.36. The first-order valence-electron chi connectivity index (χ1n) is 5.33. The predicted molar refractivity (Wildman–Crippen MR) is 70.6 cm³/mol. The van der Waals surface area contributed by atoms with Crippen LogP contribution in [0, 0.1) is 0 Å². The quantitative estimate of drug-likeness (QED) is 0.849. The fraction of sp³-hybridized carbons (Fsp3) is 0.167. The van der Waals surface area contributed by atoms with Gasteiger partial charge in [0.2, 0.25) is 5.28 Å². The maximum absolute atomic E-state index is 5.88. The third-order valence-corrected chi connectivity index (χ3v) is 2.59. The highest BCUT2D eigenvalue weighted by Gasteiger charge is 2.12. The van der Waals surface area contributed by atoms with Crippen LogP contribution in [0.15, 0.2) is 36.5 Å². The molecule has 0 aliphatic rings. The van der Waals surface area contributed by atoms with E-state index in [2.05, 4.69) is 9.97 Å². The zero-order valence-corrected chi connectivity index (χ0v) is 10.2. The van der Waals surface area contributed by atoms with Crippen molar-refractivity contribution in [2.75, 3.05) is 17.2 Å². The van der Waals surface area contributed by atoms with Gasteiger partial charge < -0.3 is 10.6 Å². The lowest BCUT2D eigenvalue weighted by atomic mass is 10.3. The minimum absolute atomic E-state index is 0.198. The van der Waals surface area contributed by atoms with Crippen LogP contribution in [0.1, 0.15) is 6.92 Å². The first-order valence-corrected chi connectivity index (χ1v) is 5.70. The predicted octanol–water partition coefficient (Wildman–Crippen LogP) is 2.87. The molecule has 0 saturated heterocycles. The van der Waals surface area contributed by atoms with Gasteiger partial charge in [0.1, 0.15) is 0 Å². The van der Waals surface area contributed by atoms with Crippen molar-refractivity contribution in [3.63, 3.8) is 0 Å². The van der Waals surface area contributed by atoms with Crippen molar-refractivity contribution < 1.29 is 0 Å². The molecule has 0 fully saturated rings. The second-order valence-electron chi connectivity index (χ2n) is 3.50. The topological polar surface area (TPSA) is 55.0 Å². The van der Waals surface area contributed by atoms with Gasteiger partial charge in [0.15, 0.2) is 5.82 Å². The molecule has 1 heterocycles. The molecule has 88 valence electrons. The highest BCUT2D eigenvalue weighted by molar-refractivity contribution is 6.28. The Kier molecular flexibility index (Phi) is 3.44. The summed E-state index contributed by atoms with van der Waals surface area (Å²) >= 11 is 5.80. The van der Waals surface area contributed by atoms with Crippen molar-refractivity contribution in [1.29, 1.82) is 0 Å². The van der Waals surface area contributed by atoms with Crippen molar-refractivity contribution in [2.24, 2.45) is 0 Å². The summed E-state index contributed by atoms with van der Waals surface area (Å²) in [7, 11) is 0. The normalized spacial score (nSPS) is 10.2. The number of anilines is 3. The van der Waals surface area contributed by atoms with Crippen molar-refractivity contribution in [1.82, 2.24) is 9.97 Å². The molecule has 0 aliphatic heterocycles. The maximum atomic E-state index is 5.88.